The van der Waals surface area contributed by atoms with Gasteiger partial charge in [-0.25, -0.2) is 0 Å². The molecule has 4 aliphatic carbocycles. The second kappa shape index (κ2) is 6.47. The summed E-state index contributed by atoms with van der Waals surface area (Å²) in [6.07, 6.45) is 2.20. The normalized spacial score (nSPS) is 47.2. The molecule has 5 nitrogen and oxygen atoms in total. The van der Waals surface area contributed by atoms with Crippen LogP contribution in [0.2, 0.25) is 0 Å². The highest BCUT2D eigenvalue weighted by atomic mass is 16.6. The summed E-state index contributed by atoms with van der Waals surface area (Å²) < 4.78 is 11.1. The second-order valence-electron chi connectivity index (χ2n) is 10.5. The first kappa shape index (κ1) is 19.2. The second-order valence-corrected chi connectivity index (χ2v) is 10.5. The molecule has 10 atom stereocenters. The predicted molar refractivity (Wildman–Crippen MR) is 99.4 cm³/mol. The number of hydrogen-bond donors (Lipinski definition) is 1. The molecule has 4 saturated carbocycles. The average molecular weight is 379 g/mol. The van der Waals surface area contributed by atoms with Crippen LogP contribution in [0.15, 0.2) is 0 Å². The van der Waals surface area contributed by atoms with E-state index in [-0.39, 0.29) is 42.9 Å². The summed E-state index contributed by atoms with van der Waals surface area (Å²) in [5.74, 6) is 3.02. The van der Waals surface area contributed by atoms with Crippen molar-refractivity contribution in [1.29, 1.82) is 0 Å². The zero-order chi connectivity index (χ0) is 19.7. The Bertz CT molecular complexity index is 623. The number of rotatable bonds is 4. The van der Waals surface area contributed by atoms with Gasteiger partial charge in [-0.2, -0.15) is 0 Å². The molecule has 0 aromatic rings. The molecule has 0 heterocycles. The van der Waals surface area contributed by atoms with Gasteiger partial charge in [0, 0.05) is 0 Å². The van der Waals surface area contributed by atoms with Crippen molar-refractivity contribution in [3.8, 4) is 0 Å². The Balaban J connectivity index is 1.63. The number of fused-ring (bicyclic) bond motifs is 9. The maximum Gasteiger partial charge on any atom is 0.310 e. The molecule has 0 amide bonds. The quantitative estimate of drug-likeness (QED) is 0.601. The van der Waals surface area contributed by atoms with Gasteiger partial charge in [-0.05, 0) is 81.0 Å². The molecule has 4 bridgehead atoms. The first-order valence-corrected chi connectivity index (χ1v) is 10.7. The third kappa shape index (κ3) is 2.83. The molecule has 0 radical (unpaired) electrons. The minimum Gasteiger partial charge on any atom is -0.463 e. The van der Waals surface area contributed by atoms with E-state index in [0.717, 1.165) is 6.42 Å². The molecule has 4 fully saturated rings. The largest absolute Gasteiger partial charge is 0.463 e. The number of carbonyl (C=O) groups excluding carboxylic acids is 2. The summed E-state index contributed by atoms with van der Waals surface area (Å²) in [5.41, 5.74) is -0.561. The van der Waals surface area contributed by atoms with Crippen LogP contribution >= 0.6 is 0 Å². The molecule has 1 N–H and O–H groups in total. The van der Waals surface area contributed by atoms with Crippen LogP contribution < -0.4 is 0 Å². The van der Waals surface area contributed by atoms with Gasteiger partial charge in [-0.3, -0.25) is 9.59 Å². The van der Waals surface area contributed by atoms with Crippen LogP contribution in [-0.4, -0.2) is 35.9 Å². The molecule has 10 unspecified atom stereocenters. The summed E-state index contributed by atoms with van der Waals surface area (Å²) in [6.45, 7) is 10.2. The Hall–Kier alpha value is -1.10. The molecule has 0 saturated heterocycles. The van der Waals surface area contributed by atoms with Gasteiger partial charge >= 0.3 is 11.9 Å². The Kier molecular flexibility index (Phi) is 4.60. The molecule has 0 spiro atoms. The predicted octanol–water partition coefficient (Wildman–Crippen LogP) is 2.90. The number of aliphatic hydroxyl groups is 1. The van der Waals surface area contributed by atoms with Gasteiger partial charge in [-0.1, -0.05) is 13.8 Å². The third-order valence-electron chi connectivity index (χ3n) is 8.29. The van der Waals surface area contributed by atoms with Crippen molar-refractivity contribution in [2.75, 3.05) is 13.2 Å². The summed E-state index contributed by atoms with van der Waals surface area (Å²) >= 11 is 0. The van der Waals surface area contributed by atoms with Crippen molar-refractivity contribution in [1.82, 2.24) is 0 Å². The van der Waals surface area contributed by atoms with E-state index in [9.17, 15) is 9.59 Å². The molecular weight excluding hydrogens is 344 g/mol. The molecule has 0 aromatic heterocycles. The lowest BCUT2D eigenvalue weighted by Gasteiger charge is -2.45. The molecular formula is C22H34O5. The lowest BCUT2D eigenvalue weighted by Crippen LogP contribution is -2.48. The average Bonchev–Trinajstić information content (AvgIpc) is 3.29. The summed E-state index contributed by atoms with van der Waals surface area (Å²) in [5, 5.41) is 9.05. The number of esters is 2. The number of hydrogen-bond acceptors (Lipinski definition) is 5. The Morgan fingerprint density at radius 1 is 0.889 bits per heavy atom. The molecule has 4 rings (SSSR count). The van der Waals surface area contributed by atoms with Crippen LogP contribution in [0.3, 0.4) is 0 Å². The Morgan fingerprint density at radius 2 is 1.37 bits per heavy atom. The van der Waals surface area contributed by atoms with E-state index in [1.807, 2.05) is 20.8 Å². The molecule has 5 heteroatoms. The highest BCUT2D eigenvalue weighted by Crippen LogP contribution is 2.72. The fourth-order valence-electron chi connectivity index (χ4n) is 7.50. The first-order valence-electron chi connectivity index (χ1n) is 10.7. The first-order chi connectivity index (χ1) is 12.7. The van der Waals surface area contributed by atoms with Gasteiger partial charge in [0.05, 0.1) is 18.4 Å². The third-order valence-corrected chi connectivity index (χ3v) is 8.29. The molecule has 4 aliphatic rings. The number of carbonyl (C=O) groups is 2. The maximum atomic E-state index is 13.1. The van der Waals surface area contributed by atoms with E-state index in [4.69, 9.17) is 14.6 Å². The van der Waals surface area contributed by atoms with E-state index in [0.29, 0.717) is 35.5 Å². The topological polar surface area (TPSA) is 72.8 Å². The fraction of sp³-hybridized carbons (Fsp3) is 0.909. The van der Waals surface area contributed by atoms with Crippen molar-refractivity contribution >= 4 is 11.9 Å². The highest BCUT2D eigenvalue weighted by Gasteiger charge is 2.71. The van der Waals surface area contributed by atoms with Gasteiger partial charge in [0.2, 0.25) is 0 Å². The van der Waals surface area contributed by atoms with Crippen LogP contribution in [0.4, 0.5) is 0 Å². The smallest absolute Gasteiger partial charge is 0.310 e. The molecule has 0 aromatic carbocycles. The van der Waals surface area contributed by atoms with E-state index >= 15 is 0 Å². The van der Waals surface area contributed by atoms with Crippen molar-refractivity contribution in [3.05, 3.63) is 0 Å². The van der Waals surface area contributed by atoms with E-state index < -0.39 is 11.5 Å². The maximum absolute atomic E-state index is 13.1. The minimum absolute atomic E-state index is 0.00133. The SMILES string of the molecule is CC1C(C)C2CC1C1C3CC(C(C(=O)OC(C)(C)C)C3C(=O)OCCO)C21. The summed E-state index contributed by atoms with van der Waals surface area (Å²) in [4.78, 5) is 26.0. The molecule has 152 valence electrons. The van der Waals surface area contributed by atoms with Gasteiger partial charge in [0.1, 0.15) is 12.2 Å². The van der Waals surface area contributed by atoms with Crippen LogP contribution in [0.1, 0.15) is 47.5 Å². The Labute approximate surface area is 162 Å². The fourth-order valence-corrected chi connectivity index (χ4v) is 7.50. The van der Waals surface area contributed by atoms with Crippen LogP contribution in [-0.2, 0) is 19.1 Å². The van der Waals surface area contributed by atoms with Crippen molar-refractivity contribution in [2.45, 2.75) is 53.1 Å². The zero-order valence-electron chi connectivity index (χ0n) is 17.2. The zero-order valence-corrected chi connectivity index (χ0v) is 17.2. The number of ether oxygens (including phenoxy) is 2. The van der Waals surface area contributed by atoms with E-state index in [2.05, 4.69) is 13.8 Å². The van der Waals surface area contributed by atoms with Gasteiger partial charge in [0.15, 0.2) is 0 Å². The van der Waals surface area contributed by atoms with Crippen LogP contribution in [0.5, 0.6) is 0 Å². The van der Waals surface area contributed by atoms with Crippen LogP contribution in [0, 0.1) is 59.2 Å². The van der Waals surface area contributed by atoms with Crippen molar-refractivity contribution in [3.63, 3.8) is 0 Å². The van der Waals surface area contributed by atoms with Crippen molar-refractivity contribution < 1.29 is 24.2 Å². The van der Waals surface area contributed by atoms with Gasteiger partial charge in [0.25, 0.3) is 0 Å². The molecule has 0 aliphatic heterocycles. The minimum atomic E-state index is -0.561. The molecule has 27 heavy (non-hydrogen) atoms. The van der Waals surface area contributed by atoms with E-state index in [1.54, 1.807) is 0 Å². The van der Waals surface area contributed by atoms with E-state index in [1.165, 1.54) is 6.42 Å². The summed E-state index contributed by atoms with van der Waals surface area (Å²) in [7, 11) is 0. The lowest BCUT2D eigenvalue weighted by molar-refractivity contribution is -0.175. The standard InChI is InChI=1S/C22H34O5/c1-10-11(2)13-8-12(10)16-14-9-15(17(13)16)19(21(25)27-22(3,4)5)18(14)20(24)26-7-6-23/h10-19,23H,6-9H2,1-5H3. The lowest BCUT2D eigenvalue weighted by atomic mass is 9.59. The van der Waals surface area contributed by atoms with Crippen molar-refractivity contribution in [2.24, 2.45) is 59.2 Å². The van der Waals surface area contributed by atoms with Crippen LogP contribution in [0.25, 0.3) is 0 Å². The highest BCUT2D eigenvalue weighted by molar-refractivity contribution is 5.84. The van der Waals surface area contributed by atoms with Gasteiger partial charge < -0.3 is 14.6 Å². The number of aliphatic hydroxyl groups excluding tert-OH is 1. The van der Waals surface area contributed by atoms with Gasteiger partial charge in [-0.15, -0.1) is 0 Å². The monoisotopic (exact) mass is 378 g/mol. The Morgan fingerprint density at radius 3 is 1.85 bits per heavy atom. The summed E-state index contributed by atoms with van der Waals surface area (Å²) in [6, 6.07) is 0.